The second kappa shape index (κ2) is 7.01. The molecule has 1 amide bonds. The predicted molar refractivity (Wildman–Crippen MR) is 71.9 cm³/mol. The van der Waals surface area contributed by atoms with Crippen LogP contribution in [0.15, 0.2) is 16.6 Å². The summed E-state index contributed by atoms with van der Waals surface area (Å²) >= 11 is 3.04. The molecule has 1 aromatic carbocycles. The molecule has 0 spiro atoms. The first-order valence-electron chi connectivity index (χ1n) is 5.00. The van der Waals surface area contributed by atoms with Crippen molar-refractivity contribution < 1.29 is 13.6 Å². The maximum atomic E-state index is 13.1. The van der Waals surface area contributed by atoms with E-state index in [0.717, 1.165) is 12.1 Å². The van der Waals surface area contributed by atoms with Crippen LogP contribution in [0.4, 0.5) is 8.78 Å². The summed E-state index contributed by atoms with van der Waals surface area (Å²) in [4.78, 5) is 13.4. The summed E-state index contributed by atoms with van der Waals surface area (Å²) in [7, 11) is 1.56. The molecule has 102 valence electrons. The number of hydrogen-bond acceptors (Lipinski definition) is 2. The Kier molecular flexibility index (Phi) is 6.73. The van der Waals surface area contributed by atoms with Crippen molar-refractivity contribution >= 4 is 34.2 Å². The van der Waals surface area contributed by atoms with E-state index >= 15 is 0 Å². The molecule has 2 N–H and O–H groups in total. The minimum absolute atomic E-state index is 0. The minimum Gasteiger partial charge on any atom is -0.338 e. The van der Waals surface area contributed by atoms with Gasteiger partial charge < -0.3 is 10.6 Å². The van der Waals surface area contributed by atoms with Crippen molar-refractivity contribution in [2.24, 2.45) is 5.73 Å². The third kappa shape index (κ3) is 3.63. The summed E-state index contributed by atoms with van der Waals surface area (Å²) in [6.07, 6.45) is 0. The Labute approximate surface area is 119 Å². The molecule has 0 aromatic heterocycles. The number of carbonyl (C=O) groups is 1. The quantitative estimate of drug-likeness (QED) is 0.858. The van der Waals surface area contributed by atoms with Gasteiger partial charge in [-0.15, -0.1) is 12.4 Å². The first-order chi connectivity index (χ1) is 7.88. The highest BCUT2D eigenvalue weighted by molar-refractivity contribution is 9.10. The monoisotopic (exact) mass is 342 g/mol. The Morgan fingerprint density at radius 2 is 1.94 bits per heavy atom. The molecule has 0 aliphatic carbocycles. The maximum Gasteiger partial charge on any atom is 0.255 e. The number of rotatable bonds is 3. The number of nitrogens with two attached hydrogens (primary N) is 1. The van der Waals surface area contributed by atoms with Crippen molar-refractivity contribution in [2.75, 3.05) is 13.6 Å². The zero-order valence-corrected chi connectivity index (χ0v) is 12.3. The van der Waals surface area contributed by atoms with Crippen LogP contribution in [-0.4, -0.2) is 30.4 Å². The van der Waals surface area contributed by atoms with Gasteiger partial charge in [-0.05, 0) is 35.0 Å². The van der Waals surface area contributed by atoms with Gasteiger partial charge in [0.1, 0.15) is 0 Å². The second-order valence-corrected chi connectivity index (χ2v) is 4.60. The fourth-order valence-corrected chi connectivity index (χ4v) is 1.72. The van der Waals surface area contributed by atoms with Gasteiger partial charge in [0, 0.05) is 24.1 Å². The zero-order chi connectivity index (χ0) is 13.2. The van der Waals surface area contributed by atoms with E-state index in [1.165, 1.54) is 4.90 Å². The van der Waals surface area contributed by atoms with E-state index in [4.69, 9.17) is 5.73 Å². The number of benzene rings is 1. The number of hydrogen-bond donors (Lipinski definition) is 1. The van der Waals surface area contributed by atoms with Gasteiger partial charge in [0.2, 0.25) is 0 Å². The summed E-state index contributed by atoms with van der Waals surface area (Å²) in [5.41, 5.74) is 5.52. The average Bonchev–Trinajstić information content (AvgIpc) is 2.31. The molecule has 0 saturated heterocycles. The average molecular weight is 344 g/mol. The van der Waals surface area contributed by atoms with E-state index in [1.807, 2.05) is 0 Å². The molecular weight excluding hydrogens is 329 g/mol. The van der Waals surface area contributed by atoms with Crippen LogP contribution in [-0.2, 0) is 0 Å². The molecule has 18 heavy (non-hydrogen) atoms. The normalized spacial score (nSPS) is 11.7. The molecule has 0 aliphatic rings. The van der Waals surface area contributed by atoms with Gasteiger partial charge in [-0.25, -0.2) is 8.78 Å². The highest BCUT2D eigenvalue weighted by atomic mass is 79.9. The van der Waals surface area contributed by atoms with Crippen molar-refractivity contribution in [3.8, 4) is 0 Å². The number of likely N-dealkylation sites (N-methyl/N-ethyl adjacent to an activating group) is 1. The van der Waals surface area contributed by atoms with Crippen molar-refractivity contribution in [3.05, 3.63) is 33.8 Å². The molecule has 3 nitrogen and oxygen atoms in total. The molecule has 0 radical (unpaired) electrons. The Morgan fingerprint density at radius 3 is 2.44 bits per heavy atom. The summed E-state index contributed by atoms with van der Waals surface area (Å²) in [6, 6.07) is 1.63. The Morgan fingerprint density at radius 1 is 1.44 bits per heavy atom. The van der Waals surface area contributed by atoms with Crippen LogP contribution >= 0.6 is 28.3 Å². The minimum atomic E-state index is -1.05. The number of nitrogens with zero attached hydrogens (tertiary/aromatic N) is 1. The van der Waals surface area contributed by atoms with E-state index in [9.17, 15) is 13.6 Å². The van der Waals surface area contributed by atoms with E-state index in [0.29, 0.717) is 6.54 Å². The first-order valence-corrected chi connectivity index (χ1v) is 5.79. The van der Waals surface area contributed by atoms with Crippen molar-refractivity contribution in [1.29, 1.82) is 0 Å². The van der Waals surface area contributed by atoms with Crippen LogP contribution in [0, 0.1) is 11.6 Å². The molecule has 0 aliphatic heterocycles. The SMILES string of the molecule is CC(CN)N(C)C(=O)c1cc(F)c(F)cc1Br.Cl. The topological polar surface area (TPSA) is 46.3 Å². The molecule has 7 heteroatoms. The predicted octanol–water partition coefficient (Wildman–Crippen LogP) is 2.57. The van der Waals surface area contributed by atoms with Crippen LogP contribution in [0.1, 0.15) is 17.3 Å². The fraction of sp³-hybridized carbons (Fsp3) is 0.364. The molecule has 1 rings (SSSR count). The van der Waals surface area contributed by atoms with Crippen molar-refractivity contribution in [1.82, 2.24) is 4.90 Å². The Balaban J connectivity index is 0.00000289. The van der Waals surface area contributed by atoms with Gasteiger partial charge in [0.25, 0.3) is 5.91 Å². The Hall–Kier alpha value is -0.720. The third-order valence-electron chi connectivity index (χ3n) is 2.56. The lowest BCUT2D eigenvalue weighted by Gasteiger charge is -2.24. The molecule has 1 atom stereocenters. The van der Waals surface area contributed by atoms with Gasteiger partial charge in [0.15, 0.2) is 11.6 Å². The number of amides is 1. The van der Waals surface area contributed by atoms with Gasteiger partial charge in [-0.3, -0.25) is 4.79 Å². The van der Waals surface area contributed by atoms with Crippen LogP contribution in [0.25, 0.3) is 0 Å². The molecule has 1 aromatic rings. The van der Waals surface area contributed by atoms with E-state index in [1.54, 1.807) is 14.0 Å². The smallest absolute Gasteiger partial charge is 0.255 e. The molecule has 0 bridgehead atoms. The molecule has 0 fully saturated rings. The van der Waals surface area contributed by atoms with Crippen LogP contribution in [0.5, 0.6) is 0 Å². The Bertz CT molecular complexity index is 445. The second-order valence-electron chi connectivity index (χ2n) is 3.75. The van der Waals surface area contributed by atoms with Gasteiger partial charge in [0.05, 0.1) is 5.56 Å². The van der Waals surface area contributed by atoms with Gasteiger partial charge in [-0.1, -0.05) is 0 Å². The summed E-state index contributed by atoms with van der Waals surface area (Å²) in [5, 5.41) is 0. The van der Waals surface area contributed by atoms with E-state index < -0.39 is 17.5 Å². The first kappa shape index (κ1) is 17.3. The van der Waals surface area contributed by atoms with Gasteiger partial charge >= 0.3 is 0 Å². The number of halogens is 4. The molecule has 1 unspecified atom stereocenters. The summed E-state index contributed by atoms with van der Waals surface area (Å²) in [6.45, 7) is 2.06. The highest BCUT2D eigenvalue weighted by Crippen LogP contribution is 2.22. The lowest BCUT2D eigenvalue weighted by molar-refractivity contribution is 0.0747. The number of carbonyl (C=O) groups excluding carboxylic acids is 1. The molecule has 0 saturated carbocycles. The lowest BCUT2D eigenvalue weighted by Crippen LogP contribution is -2.39. The third-order valence-corrected chi connectivity index (χ3v) is 3.22. The fourth-order valence-electron chi connectivity index (χ4n) is 1.23. The standard InChI is InChI=1S/C11H13BrF2N2O.ClH/c1-6(5-15)16(2)11(17)7-3-9(13)10(14)4-8(7)12;/h3-4,6H,5,15H2,1-2H3;1H. The maximum absolute atomic E-state index is 13.1. The molecule has 0 heterocycles. The van der Waals surface area contributed by atoms with Crippen LogP contribution < -0.4 is 5.73 Å². The van der Waals surface area contributed by atoms with E-state index in [2.05, 4.69) is 15.9 Å². The molecular formula is C11H14BrClF2N2O. The van der Waals surface area contributed by atoms with Crippen LogP contribution in [0.3, 0.4) is 0 Å². The summed E-state index contributed by atoms with van der Waals surface area (Å²) < 4.78 is 26.2. The highest BCUT2D eigenvalue weighted by Gasteiger charge is 2.20. The van der Waals surface area contributed by atoms with Crippen LogP contribution in [0.2, 0.25) is 0 Å². The zero-order valence-electron chi connectivity index (χ0n) is 9.91. The summed E-state index contributed by atoms with van der Waals surface area (Å²) in [5.74, 6) is -2.46. The van der Waals surface area contributed by atoms with Crippen molar-refractivity contribution in [2.45, 2.75) is 13.0 Å². The largest absolute Gasteiger partial charge is 0.338 e. The van der Waals surface area contributed by atoms with Crippen molar-refractivity contribution in [3.63, 3.8) is 0 Å². The lowest BCUT2D eigenvalue weighted by atomic mass is 10.1. The van der Waals surface area contributed by atoms with Gasteiger partial charge in [-0.2, -0.15) is 0 Å². The van der Waals surface area contributed by atoms with E-state index in [-0.39, 0.29) is 28.5 Å².